The Hall–Kier alpha value is -1.08. The molecule has 0 aromatic carbocycles. The Morgan fingerprint density at radius 3 is 3.14 bits per heavy atom. The average Bonchev–Trinajstić information content (AvgIpc) is 2.67. The highest BCUT2D eigenvalue weighted by Crippen LogP contribution is 2.27. The number of hydrogen-bond donors (Lipinski definition) is 0. The third kappa shape index (κ3) is 1.73. The summed E-state index contributed by atoms with van der Waals surface area (Å²) in [4.78, 5) is 6.60. The molecule has 0 saturated carbocycles. The molecule has 4 heteroatoms. The van der Waals surface area contributed by atoms with Crippen LogP contribution in [-0.4, -0.2) is 17.6 Å². The summed E-state index contributed by atoms with van der Waals surface area (Å²) < 4.78 is 0. The third-order valence-corrected chi connectivity index (χ3v) is 3.53. The van der Waals surface area contributed by atoms with Gasteiger partial charge in [0.2, 0.25) is 0 Å². The molecule has 1 aliphatic heterocycles. The van der Waals surface area contributed by atoms with Crippen molar-refractivity contribution in [1.29, 1.82) is 5.26 Å². The number of nitrogens with zero attached hydrogens (tertiary/aromatic N) is 3. The van der Waals surface area contributed by atoms with E-state index in [0.29, 0.717) is 11.7 Å². The molecule has 0 aliphatic carbocycles. The quantitative estimate of drug-likeness (QED) is 0.710. The first-order valence-electron chi connectivity index (χ1n) is 4.93. The van der Waals surface area contributed by atoms with Crippen LogP contribution in [0.3, 0.4) is 0 Å². The zero-order valence-electron chi connectivity index (χ0n) is 8.23. The second kappa shape index (κ2) is 3.97. The van der Waals surface area contributed by atoms with E-state index in [2.05, 4.69) is 22.9 Å². The summed E-state index contributed by atoms with van der Waals surface area (Å²) in [5, 5.41) is 11.5. The molecule has 1 aromatic heterocycles. The van der Waals surface area contributed by atoms with E-state index in [1.165, 1.54) is 19.3 Å². The fourth-order valence-corrected chi connectivity index (χ4v) is 2.71. The summed E-state index contributed by atoms with van der Waals surface area (Å²) in [7, 11) is 0. The van der Waals surface area contributed by atoms with E-state index >= 15 is 0 Å². The van der Waals surface area contributed by atoms with Gasteiger partial charge in [-0.05, 0) is 26.2 Å². The van der Waals surface area contributed by atoms with Crippen LogP contribution in [0.2, 0.25) is 0 Å². The Balaban J connectivity index is 2.17. The van der Waals surface area contributed by atoms with Crippen LogP contribution in [0.4, 0.5) is 5.13 Å². The molecule has 74 valence electrons. The maximum absolute atomic E-state index is 8.69. The molecule has 1 unspecified atom stereocenters. The highest BCUT2D eigenvalue weighted by Gasteiger charge is 2.20. The molecule has 0 spiro atoms. The standard InChI is InChI=1S/C10H13N3S/c1-8-4-2-3-5-13(8)10-12-9(6-11)7-14-10/h7-8H,2-5H2,1H3. The lowest BCUT2D eigenvalue weighted by Crippen LogP contribution is -2.37. The Morgan fingerprint density at radius 2 is 2.50 bits per heavy atom. The van der Waals surface area contributed by atoms with Crippen molar-refractivity contribution in [3.8, 4) is 6.07 Å². The minimum absolute atomic E-state index is 0.544. The second-order valence-electron chi connectivity index (χ2n) is 3.67. The number of rotatable bonds is 1. The maximum Gasteiger partial charge on any atom is 0.186 e. The predicted molar refractivity (Wildman–Crippen MR) is 57.5 cm³/mol. The van der Waals surface area contributed by atoms with E-state index in [0.717, 1.165) is 11.7 Å². The summed E-state index contributed by atoms with van der Waals surface area (Å²) in [6, 6.07) is 2.64. The van der Waals surface area contributed by atoms with Gasteiger partial charge in [0.05, 0.1) is 0 Å². The molecular weight excluding hydrogens is 194 g/mol. The van der Waals surface area contributed by atoms with Crippen LogP contribution >= 0.6 is 11.3 Å². The molecule has 1 fully saturated rings. The van der Waals surface area contributed by atoms with Crippen LogP contribution in [-0.2, 0) is 0 Å². The highest BCUT2D eigenvalue weighted by molar-refractivity contribution is 7.13. The third-order valence-electron chi connectivity index (χ3n) is 2.66. The molecule has 2 heterocycles. The summed E-state index contributed by atoms with van der Waals surface area (Å²) in [5.41, 5.74) is 0.544. The van der Waals surface area contributed by atoms with Gasteiger partial charge in [-0.2, -0.15) is 5.26 Å². The van der Waals surface area contributed by atoms with Crippen molar-refractivity contribution in [2.24, 2.45) is 0 Å². The first-order valence-corrected chi connectivity index (χ1v) is 5.81. The number of hydrogen-bond acceptors (Lipinski definition) is 4. The van der Waals surface area contributed by atoms with E-state index in [1.807, 2.05) is 5.38 Å². The smallest absolute Gasteiger partial charge is 0.186 e. The predicted octanol–water partition coefficient (Wildman–Crippen LogP) is 2.39. The zero-order chi connectivity index (χ0) is 9.97. The molecular formula is C10H13N3S. The van der Waals surface area contributed by atoms with Crippen LogP contribution in [0.25, 0.3) is 0 Å². The van der Waals surface area contributed by atoms with Gasteiger partial charge in [-0.1, -0.05) is 0 Å². The van der Waals surface area contributed by atoms with Crippen molar-refractivity contribution in [2.45, 2.75) is 32.2 Å². The molecule has 1 aliphatic rings. The van der Waals surface area contributed by atoms with Gasteiger partial charge in [-0.25, -0.2) is 4.98 Å². The fourth-order valence-electron chi connectivity index (χ4n) is 1.83. The number of thiazole rings is 1. The van der Waals surface area contributed by atoms with Gasteiger partial charge >= 0.3 is 0 Å². The normalized spacial score (nSPS) is 22.0. The first-order chi connectivity index (χ1) is 6.81. The number of aromatic nitrogens is 1. The molecule has 0 radical (unpaired) electrons. The topological polar surface area (TPSA) is 39.9 Å². The molecule has 0 N–H and O–H groups in total. The van der Waals surface area contributed by atoms with Crippen LogP contribution in [0.1, 0.15) is 31.9 Å². The lowest BCUT2D eigenvalue weighted by Gasteiger charge is -2.32. The van der Waals surface area contributed by atoms with Crippen molar-refractivity contribution < 1.29 is 0 Å². The molecule has 1 atom stereocenters. The summed E-state index contributed by atoms with van der Waals surface area (Å²) in [6.07, 6.45) is 3.79. The van der Waals surface area contributed by atoms with Gasteiger partial charge in [-0.3, -0.25) is 0 Å². The van der Waals surface area contributed by atoms with E-state index in [-0.39, 0.29) is 0 Å². The minimum Gasteiger partial charge on any atom is -0.345 e. The van der Waals surface area contributed by atoms with E-state index in [9.17, 15) is 0 Å². The van der Waals surface area contributed by atoms with Crippen molar-refractivity contribution >= 4 is 16.5 Å². The highest BCUT2D eigenvalue weighted by atomic mass is 32.1. The minimum atomic E-state index is 0.544. The van der Waals surface area contributed by atoms with Crippen LogP contribution < -0.4 is 4.90 Å². The fraction of sp³-hybridized carbons (Fsp3) is 0.600. The van der Waals surface area contributed by atoms with Crippen LogP contribution in [0.5, 0.6) is 0 Å². The SMILES string of the molecule is CC1CCCCN1c1nc(C#N)cs1. The first kappa shape index (κ1) is 9.47. The van der Waals surface area contributed by atoms with E-state index in [1.54, 1.807) is 11.3 Å². The summed E-state index contributed by atoms with van der Waals surface area (Å²) >= 11 is 1.58. The van der Waals surface area contributed by atoms with Crippen molar-refractivity contribution in [1.82, 2.24) is 4.98 Å². The lowest BCUT2D eigenvalue weighted by atomic mass is 10.1. The molecule has 0 bridgehead atoms. The average molecular weight is 207 g/mol. The van der Waals surface area contributed by atoms with Gasteiger partial charge in [0.1, 0.15) is 6.07 Å². The number of anilines is 1. The van der Waals surface area contributed by atoms with Gasteiger partial charge < -0.3 is 4.90 Å². The van der Waals surface area contributed by atoms with Gasteiger partial charge in [-0.15, -0.1) is 11.3 Å². The van der Waals surface area contributed by atoms with Crippen molar-refractivity contribution in [3.63, 3.8) is 0 Å². The maximum atomic E-state index is 8.69. The molecule has 14 heavy (non-hydrogen) atoms. The monoisotopic (exact) mass is 207 g/mol. The van der Waals surface area contributed by atoms with Gasteiger partial charge in [0.25, 0.3) is 0 Å². The van der Waals surface area contributed by atoms with Crippen molar-refractivity contribution in [3.05, 3.63) is 11.1 Å². The molecule has 2 rings (SSSR count). The Bertz CT molecular complexity index is 352. The van der Waals surface area contributed by atoms with E-state index < -0.39 is 0 Å². The largest absolute Gasteiger partial charge is 0.345 e. The van der Waals surface area contributed by atoms with Crippen molar-refractivity contribution in [2.75, 3.05) is 11.4 Å². The molecule has 1 aromatic rings. The van der Waals surface area contributed by atoms with Gasteiger partial charge in [0.15, 0.2) is 10.8 Å². The van der Waals surface area contributed by atoms with Crippen LogP contribution in [0.15, 0.2) is 5.38 Å². The van der Waals surface area contributed by atoms with Crippen LogP contribution in [0, 0.1) is 11.3 Å². The molecule has 1 saturated heterocycles. The number of nitriles is 1. The second-order valence-corrected chi connectivity index (χ2v) is 4.50. The molecule has 0 amide bonds. The Kier molecular flexibility index (Phi) is 2.69. The van der Waals surface area contributed by atoms with Gasteiger partial charge in [0, 0.05) is 18.0 Å². The summed E-state index contributed by atoms with van der Waals surface area (Å²) in [6.45, 7) is 3.31. The summed E-state index contributed by atoms with van der Waals surface area (Å²) in [5.74, 6) is 0. The number of piperidine rings is 1. The zero-order valence-corrected chi connectivity index (χ0v) is 9.05. The Morgan fingerprint density at radius 1 is 1.64 bits per heavy atom. The molecule has 3 nitrogen and oxygen atoms in total. The lowest BCUT2D eigenvalue weighted by molar-refractivity contribution is 0.484. The van der Waals surface area contributed by atoms with E-state index in [4.69, 9.17) is 5.26 Å². The Labute approximate surface area is 88.0 Å².